The number of hydrogen-bond donors (Lipinski definition) is 0. The summed E-state index contributed by atoms with van der Waals surface area (Å²) in [5.74, 6) is 2.43. The summed E-state index contributed by atoms with van der Waals surface area (Å²) in [7, 11) is 1.96. The highest BCUT2D eigenvalue weighted by atomic mass is 35.5. The van der Waals surface area contributed by atoms with Crippen molar-refractivity contribution >= 4 is 34.8 Å². The Kier molecular flexibility index (Phi) is 5.46. The fourth-order valence-electron chi connectivity index (χ4n) is 4.72. The van der Waals surface area contributed by atoms with Crippen LogP contribution in [0.2, 0.25) is 10.0 Å². The Morgan fingerprint density at radius 2 is 1.66 bits per heavy atom. The fourth-order valence-corrected chi connectivity index (χ4v) is 5.29. The number of benzene rings is 1. The van der Waals surface area contributed by atoms with Crippen LogP contribution in [0.1, 0.15) is 50.0 Å². The lowest BCUT2D eigenvalue weighted by Crippen LogP contribution is -2.37. The molecule has 2 aliphatic carbocycles. The first-order valence-electron chi connectivity index (χ1n) is 9.75. The average Bonchev–Trinajstić information content (AvgIpc) is 2.68. The van der Waals surface area contributed by atoms with Crippen molar-refractivity contribution in [3.8, 4) is 18.1 Å². The highest BCUT2D eigenvalue weighted by molar-refractivity contribution is 6.35. The van der Waals surface area contributed by atoms with Crippen molar-refractivity contribution in [2.45, 2.75) is 44.4 Å². The Morgan fingerprint density at radius 1 is 1.07 bits per heavy atom. The van der Waals surface area contributed by atoms with Crippen molar-refractivity contribution in [3.05, 3.63) is 50.3 Å². The van der Waals surface area contributed by atoms with Crippen LogP contribution in [-0.4, -0.2) is 30.1 Å². The van der Waals surface area contributed by atoms with E-state index in [1.807, 2.05) is 7.05 Å². The van der Waals surface area contributed by atoms with E-state index in [4.69, 9.17) is 34.4 Å². The number of carbonyl (C=O) groups is 2. The van der Waals surface area contributed by atoms with E-state index in [0.29, 0.717) is 45.3 Å². The van der Waals surface area contributed by atoms with Crippen molar-refractivity contribution in [2.24, 2.45) is 0 Å². The van der Waals surface area contributed by atoms with Gasteiger partial charge in [-0.15, -0.1) is 6.42 Å². The highest BCUT2D eigenvalue weighted by Gasteiger charge is 2.43. The summed E-state index contributed by atoms with van der Waals surface area (Å²) in [4.78, 5) is 28.2. The summed E-state index contributed by atoms with van der Waals surface area (Å²) >= 11 is 12.8. The van der Waals surface area contributed by atoms with E-state index in [2.05, 4.69) is 10.8 Å². The number of nitrogens with zero attached hydrogens (tertiary/aromatic N) is 1. The van der Waals surface area contributed by atoms with Gasteiger partial charge >= 0.3 is 0 Å². The zero-order valence-corrected chi connectivity index (χ0v) is 17.7. The van der Waals surface area contributed by atoms with Crippen molar-refractivity contribution in [2.75, 3.05) is 13.7 Å². The fraction of sp³-hybridized carbons (Fsp3) is 0.391. The first-order chi connectivity index (χ1) is 13.9. The number of terminal acetylenes is 1. The molecule has 0 amide bonds. The van der Waals surface area contributed by atoms with Gasteiger partial charge in [-0.2, -0.15) is 0 Å². The summed E-state index contributed by atoms with van der Waals surface area (Å²) in [6, 6.07) is 3.33. The molecule has 3 aliphatic rings. The summed E-state index contributed by atoms with van der Waals surface area (Å²) < 4.78 is 5.77. The van der Waals surface area contributed by atoms with Gasteiger partial charge in [0.25, 0.3) is 0 Å². The van der Waals surface area contributed by atoms with Gasteiger partial charge in [0.1, 0.15) is 12.4 Å². The number of halogens is 2. The average molecular weight is 430 g/mol. The summed E-state index contributed by atoms with van der Waals surface area (Å²) in [5.41, 5.74) is 3.93. The van der Waals surface area contributed by atoms with Gasteiger partial charge in [0.15, 0.2) is 11.6 Å². The molecule has 6 heteroatoms. The molecule has 1 heterocycles. The van der Waals surface area contributed by atoms with Crippen LogP contribution >= 0.6 is 23.2 Å². The van der Waals surface area contributed by atoms with E-state index in [1.54, 1.807) is 12.1 Å². The van der Waals surface area contributed by atoms with Crippen LogP contribution in [0.25, 0.3) is 0 Å². The molecule has 0 aromatic heterocycles. The smallest absolute Gasteiger partial charge is 0.161 e. The molecule has 1 aromatic carbocycles. The second-order valence-corrected chi connectivity index (χ2v) is 8.41. The Balaban J connectivity index is 2.00. The first kappa shape index (κ1) is 20.1. The number of allylic oxidation sites excluding steroid dienone is 4. The van der Waals surface area contributed by atoms with E-state index < -0.39 is 5.92 Å². The molecule has 0 saturated carbocycles. The molecule has 1 aromatic rings. The van der Waals surface area contributed by atoms with Gasteiger partial charge in [-0.3, -0.25) is 9.59 Å². The third kappa shape index (κ3) is 3.37. The molecule has 0 saturated heterocycles. The molecule has 4 nitrogen and oxygen atoms in total. The van der Waals surface area contributed by atoms with E-state index in [9.17, 15) is 9.59 Å². The topological polar surface area (TPSA) is 46.6 Å². The molecule has 0 atom stereocenters. The molecule has 0 bridgehead atoms. The van der Waals surface area contributed by atoms with Crippen LogP contribution < -0.4 is 4.74 Å². The molecule has 0 radical (unpaired) electrons. The standard InChI is InChI=1S/C23H21Cl2NO3/c1-3-10-29-23-14(11-13(24)12-15(23)25)20-21-16(6-4-8-18(21)27)26(2)17-7-5-9-19(28)22(17)20/h1,11-12,20H,4-10H2,2H3. The molecule has 0 N–H and O–H groups in total. The van der Waals surface area contributed by atoms with Crippen LogP contribution in [0.5, 0.6) is 5.75 Å². The second kappa shape index (κ2) is 7.89. The van der Waals surface area contributed by atoms with Gasteiger partial charge < -0.3 is 9.64 Å². The van der Waals surface area contributed by atoms with Crippen molar-refractivity contribution in [1.29, 1.82) is 0 Å². The largest absolute Gasteiger partial charge is 0.479 e. The number of Topliss-reactive ketones (excluding diaryl/α,β-unsaturated/α-hetero) is 2. The SMILES string of the molecule is C#CCOc1c(Cl)cc(Cl)cc1C1C2=C(CCCC2=O)N(C)C2=C1C(=O)CCC2. The third-order valence-electron chi connectivity index (χ3n) is 5.89. The zero-order valence-electron chi connectivity index (χ0n) is 16.2. The Hall–Kier alpha value is -2.22. The molecule has 0 fully saturated rings. The van der Waals surface area contributed by atoms with E-state index in [1.165, 1.54) is 0 Å². The minimum absolute atomic E-state index is 0.0284. The number of ether oxygens (including phenoxy) is 1. The van der Waals surface area contributed by atoms with Crippen molar-refractivity contribution in [3.63, 3.8) is 0 Å². The molecule has 4 rings (SSSR count). The summed E-state index contributed by atoms with van der Waals surface area (Å²) in [6.45, 7) is 0.0284. The summed E-state index contributed by atoms with van der Waals surface area (Å²) in [6.07, 6.45) is 9.53. The van der Waals surface area contributed by atoms with Crippen LogP contribution in [0.15, 0.2) is 34.7 Å². The Morgan fingerprint density at radius 3 is 2.21 bits per heavy atom. The molecular weight excluding hydrogens is 409 g/mol. The van der Waals surface area contributed by atoms with E-state index in [0.717, 1.165) is 37.1 Å². The van der Waals surface area contributed by atoms with E-state index >= 15 is 0 Å². The van der Waals surface area contributed by atoms with Crippen LogP contribution in [0, 0.1) is 12.3 Å². The predicted octanol–water partition coefficient (Wildman–Crippen LogP) is 5.05. The van der Waals surface area contributed by atoms with Gasteiger partial charge in [-0.05, 0) is 37.8 Å². The zero-order chi connectivity index (χ0) is 20.7. The van der Waals surface area contributed by atoms with Crippen molar-refractivity contribution < 1.29 is 14.3 Å². The second-order valence-electron chi connectivity index (χ2n) is 7.56. The predicted molar refractivity (Wildman–Crippen MR) is 113 cm³/mol. The Labute approximate surface area is 180 Å². The third-order valence-corrected chi connectivity index (χ3v) is 6.39. The first-order valence-corrected chi connectivity index (χ1v) is 10.5. The number of ketones is 2. The maximum atomic E-state index is 13.1. The van der Waals surface area contributed by atoms with Gasteiger partial charge in [0.05, 0.1) is 5.02 Å². The minimum Gasteiger partial charge on any atom is -0.479 e. The summed E-state index contributed by atoms with van der Waals surface area (Å²) in [5, 5.41) is 0.741. The van der Waals surface area contributed by atoms with Crippen LogP contribution in [0.3, 0.4) is 0 Å². The highest BCUT2D eigenvalue weighted by Crippen LogP contribution is 2.51. The number of hydrogen-bond acceptors (Lipinski definition) is 4. The van der Waals surface area contributed by atoms with Crippen molar-refractivity contribution in [1.82, 2.24) is 4.90 Å². The Bertz CT molecular complexity index is 972. The maximum Gasteiger partial charge on any atom is 0.161 e. The van der Waals surface area contributed by atoms with Gasteiger partial charge in [-0.25, -0.2) is 0 Å². The van der Waals surface area contributed by atoms with Crippen LogP contribution in [-0.2, 0) is 9.59 Å². The number of rotatable bonds is 3. The van der Waals surface area contributed by atoms with Gasteiger partial charge in [-0.1, -0.05) is 29.1 Å². The monoisotopic (exact) mass is 429 g/mol. The number of carbonyl (C=O) groups excluding carboxylic acids is 2. The lowest BCUT2D eigenvalue weighted by Gasteiger charge is -2.42. The molecule has 150 valence electrons. The lowest BCUT2D eigenvalue weighted by molar-refractivity contribution is -0.117. The molecule has 0 spiro atoms. The minimum atomic E-state index is -0.527. The molecule has 29 heavy (non-hydrogen) atoms. The normalized spacial score (nSPS) is 19.9. The van der Waals surface area contributed by atoms with Crippen LogP contribution in [0.4, 0.5) is 0 Å². The molecule has 1 aliphatic heterocycles. The maximum absolute atomic E-state index is 13.1. The molecule has 0 unspecified atom stereocenters. The quantitative estimate of drug-likeness (QED) is 0.630. The molecular formula is C23H21Cl2NO3. The van der Waals surface area contributed by atoms with Gasteiger partial charge in [0, 0.05) is 58.9 Å². The lowest BCUT2D eigenvalue weighted by atomic mass is 9.71. The van der Waals surface area contributed by atoms with E-state index in [-0.39, 0.29) is 18.2 Å². The van der Waals surface area contributed by atoms with Gasteiger partial charge in [0.2, 0.25) is 0 Å².